The molecule has 7 heteroatoms. The van der Waals surface area contributed by atoms with E-state index in [1.807, 2.05) is 25.3 Å². The summed E-state index contributed by atoms with van der Waals surface area (Å²) in [6, 6.07) is 12.6. The van der Waals surface area contributed by atoms with Crippen molar-refractivity contribution in [3.63, 3.8) is 0 Å². The monoisotopic (exact) mass is 478 g/mol. The number of ether oxygens (including phenoxy) is 1. The number of hydrogen-bond donors (Lipinski definition) is 1. The van der Waals surface area contributed by atoms with Crippen molar-refractivity contribution in [1.82, 2.24) is 9.88 Å². The van der Waals surface area contributed by atoms with Gasteiger partial charge in [0, 0.05) is 62.8 Å². The number of allylic oxidation sites excluding steroid dienone is 1. The third kappa shape index (κ3) is 8.37. The minimum Gasteiger partial charge on any atom is -0.379 e. The highest BCUT2D eigenvalue weighted by Gasteiger charge is 2.17. The second-order valence-electron chi connectivity index (χ2n) is 9.18. The number of nitrogens with zero attached hydrogens (tertiary/aromatic N) is 5. The Morgan fingerprint density at radius 3 is 2.54 bits per heavy atom. The van der Waals surface area contributed by atoms with Gasteiger partial charge in [0.05, 0.1) is 19.4 Å². The lowest BCUT2D eigenvalue weighted by Gasteiger charge is -2.32. The molecule has 2 heterocycles. The highest BCUT2D eigenvalue weighted by Crippen LogP contribution is 2.27. The molecular formula is C28H42N6O. The number of hydrogen-bond acceptors (Lipinski definition) is 7. The zero-order valence-corrected chi connectivity index (χ0v) is 22.0. The molecule has 2 aromatic rings. The summed E-state index contributed by atoms with van der Waals surface area (Å²) in [6.45, 7) is 20.2. The van der Waals surface area contributed by atoms with Crippen molar-refractivity contribution in [1.29, 1.82) is 0 Å². The lowest BCUT2D eigenvalue weighted by molar-refractivity contribution is 0.0393. The number of morpholine rings is 1. The minimum atomic E-state index is 0.733. The summed E-state index contributed by atoms with van der Waals surface area (Å²) in [6.07, 6.45) is 4.02. The molecule has 0 radical (unpaired) electrons. The molecule has 1 aliphatic rings. The van der Waals surface area contributed by atoms with E-state index in [1.54, 1.807) is 0 Å². The van der Waals surface area contributed by atoms with Crippen LogP contribution in [0.3, 0.4) is 0 Å². The van der Waals surface area contributed by atoms with Crippen LogP contribution in [0.5, 0.6) is 0 Å². The van der Waals surface area contributed by atoms with Crippen LogP contribution < -0.4 is 15.2 Å². The van der Waals surface area contributed by atoms with Crippen LogP contribution in [0.4, 0.5) is 17.3 Å². The number of anilines is 3. The van der Waals surface area contributed by atoms with Crippen LogP contribution in [0.25, 0.3) is 0 Å². The Balaban J connectivity index is 1.86. The van der Waals surface area contributed by atoms with Crippen LogP contribution in [0, 0.1) is 6.92 Å². The van der Waals surface area contributed by atoms with E-state index in [4.69, 9.17) is 9.72 Å². The number of pyridine rings is 1. The third-order valence-electron chi connectivity index (χ3n) is 6.06. The Morgan fingerprint density at radius 1 is 1.14 bits per heavy atom. The van der Waals surface area contributed by atoms with E-state index >= 15 is 0 Å². The molecule has 0 atom stereocenters. The first kappa shape index (κ1) is 26.7. The molecule has 0 saturated carbocycles. The second-order valence-corrected chi connectivity index (χ2v) is 9.18. The molecule has 7 nitrogen and oxygen atoms in total. The first-order valence-corrected chi connectivity index (χ1v) is 12.9. The van der Waals surface area contributed by atoms with Crippen LogP contribution >= 0.6 is 0 Å². The quantitative estimate of drug-likeness (QED) is 0.318. The fraction of sp³-hybridized carbons (Fsp3) is 0.500. The molecule has 0 aliphatic carbocycles. The highest BCUT2D eigenvalue weighted by molar-refractivity contribution is 5.80. The van der Waals surface area contributed by atoms with Gasteiger partial charge in [0.2, 0.25) is 0 Å². The lowest BCUT2D eigenvalue weighted by atomic mass is 10.2. The molecule has 1 fully saturated rings. The van der Waals surface area contributed by atoms with Crippen molar-refractivity contribution < 1.29 is 4.74 Å². The summed E-state index contributed by atoms with van der Waals surface area (Å²) in [5.74, 6) is 1.63. The van der Waals surface area contributed by atoms with Crippen LogP contribution in [-0.4, -0.2) is 68.6 Å². The number of benzene rings is 1. The molecule has 0 spiro atoms. The summed E-state index contributed by atoms with van der Waals surface area (Å²) < 4.78 is 5.51. The van der Waals surface area contributed by atoms with Crippen molar-refractivity contribution in [3.05, 3.63) is 59.8 Å². The third-order valence-corrected chi connectivity index (χ3v) is 6.06. The first-order valence-electron chi connectivity index (χ1n) is 12.9. The molecule has 0 amide bonds. The molecule has 3 rings (SSSR count). The van der Waals surface area contributed by atoms with E-state index in [1.165, 1.54) is 5.56 Å². The summed E-state index contributed by atoms with van der Waals surface area (Å²) in [5.41, 5.74) is 7.59. The van der Waals surface area contributed by atoms with Gasteiger partial charge in [-0.15, -0.1) is 0 Å². The largest absolute Gasteiger partial charge is 0.379 e. The number of aryl methyl sites for hydroxylation is 1. The average molecular weight is 479 g/mol. The van der Waals surface area contributed by atoms with Gasteiger partial charge >= 0.3 is 0 Å². The van der Waals surface area contributed by atoms with E-state index in [9.17, 15) is 0 Å². The van der Waals surface area contributed by atoms with Gasteiger partial charge in [-0.25, -0.2) is 4.98 Å². The summed E-state index contributed by atoms with van der Waals surface area (Å²) in [4.78, 5) is 12.0. The maximum absolute atomic E-state index is 5.51. The molecule has 1 aliphatic heterocycles. The predicted octanol–water partition coefficient (Wildman–Crippen LogP) is 5.13. The lowest BCUT2D eigenvalue weighted by Crippen LogP contribution is -2.41. The molecule has 1 N–H and O–H groups in total. The summed E-state index contributed by atoms with van der Waals surface area (Å²) >= 11 is 0. The Hall–Kier alpha value is -2.90. The van der Waals surface area contributed by atoms with E-state index < -0.39 is 0 Å². The molecule has 190 valence electrons. The van der Waals surface area contributed by atoms with Crippen LogP contribution in [0.1, 0.15) is 44.7 Å². The fourth-order valence-electron chi connectivity index (χ4n) is 4.28. The van der Waals surface area contributed by atoms with Crippen molar-refractivity contribution in [2.24, 2.45) is 5.10 Å². The molecule has 1 saturated heterocycles. The number of aromatic nitrogens is 1. The highest BCUT2D eigenvalue weighted by atomic mass is 16.5. The molecular weight excluding hydrogens is 436 g/mol. The van der Waals surface area contributed by atoms with Gasteiger partial charge in [0.15, 0.2) is 5.82 Å². The van der Waals surface area contributed by atoms with E-state index in [2.05, 4.69) is 76.8 Å². The average Bonchev–Trinajstić information content (AvgIpc) is 2.84. The van der Waals surface area contributed by atoms with Crippen LogP contribution in [0.2, 0.25) is 0 Å². The smallest absolute Gasteiger partial charge is 0.150 e. The zero-order chi connectivity index (χ0) is 25.0. The normalized spacial score (nSPS) is 14.3. The maximum Gasteiger partial charge on any atom is 0.150 e. The Bertz CT molecular complexity index is 964. The Morgan fingerprint density at radius 2 is 1.89 bits per heavy atom. The molecule has 1 aromatic heterocycles. The van der Waals surface area contributed by atoms with Gasteiger partial charge in [0.1, 0.15) is 5.82 Å². The topological polar surface area (TPSA) is 56.2 Å². The standard InChI is InChI=1S/C28H42N6O/c1-6-11-33(12-7-2)26-20-27(31-29-22-25-10-8-9-24(5)19-25)30-28(21-26)34(23(3)4)14-13-32-15-17-35-18-16-32/h8-10,19-22H,3,6-7,11-18H2,1-2,4-5H3,(H,30,31)/b29-22+. The summed E-state index contributed by atoms with van der Waals surface area (Å²) in [5, 5.41) is 4.49. The van der Waals surface area contributed by atoms with E-state index in [0.717, 1.165) is 93.9 Å². The number of hydrazone groups is 1. The SMILES string of the molecule is C=C(C)N(CCN1CCOCC1)c1cc(N(CCC)CCC)cc(N/N=C/c2cccc(C)c2)n1. The molecule has 1 aromatic carbocycles. The van der Waals surface area contributed by atoms with Crippen molar-refractivity contribution in [3.8, 4) is 0 Å². The molecule has 0 bridgehead atoms. The van der Waals surface area contributed by atoms with Crippen molar-refractivity contribution in [2.45, 2.75) is 40.5 Å². The van der Waals surface area contributed by atoms with Crippen LogP contribution in [-0.2, 0) is 4.74 Å². The maximum atomic E-state index is 5.51. The van der Waals surface area contributed by atoms with Gasteiger partial charge in [-0.3, -0.25) is 10.3 Å². The number of rotatable bonds is 13. The van der Waals surface area contributed by atoms with Gasteiger partial charge in [-0.05, 0) is 32.3 Å². The van der Waals surface area contributed by atoms with Gasteiger partial charge in [0.25, 0.3) is 0 Å². The van der Waals surface area contributed by atoms with E-state index in [0.29, 0.717) is 0 Å². The minimum absolute atomic E-state index is 0.733. The van der Waals surface area contributed by atoms with Gasteiger partial charge in [-0.1, -0.05) is 50.3 Å². The molecule has 0 unspecified atom stereocenters. The van der Waals surface area contributed by atoms with E-state index in [-0.39, 0.29) is 0 Å². The van der Waals surface area contributed by atoms with Gasteiger partial charge < -0.3 is 14.5 Å². The number of nitrogens with one attached hydrogen (secondary N) is 1. The van der Waals surface area contributed by atoms with Crippen molar-refractivity contribution >= 4 is 23.5 Å². The second kappa shape index (κ2) is 13.9. The summed E-state index contributed by atoms with van der Waals surface area (Å²) in [7, 11) is 0. The first-order chi connectivity index (χ1) is 17.0. The van der Waals surface area contributed by atoms with Crippen molar-refractivity contribution in [2.75, 3.05) is 67.7 Å². The zero-order valence-electron chi connectivity index (χ0n) is 22.0. The fourth-order valence-corrected chi connectivity index (χ4v) is 4.28. The molecule has 35 heavy (non-hydrogen) atoms. The Labute approximate surface area is 211 Å². The predicted molar refractivity (Wildman–Crippen MR) is 149 cm³/mol. The van der Waals surface area contributed by atoms with Crippen LogP contribution in [0.15, 0.2) is 53.8 Å². The Kier molecular flexibility index (Phi) is 10.6. The van der Waals surface area contributed by atoms with Gasteiger partial charge in [-0.2, -0.15) is 5.10 Å².